The molecule has 2 aromatic carbocycles. The minimum atomic E-state index is -1.55. The summed E-state index contributed by atoms with van der Waals surface area (Å²) in [5, 5.41) is 20.8. The maximum absolute atomic E-state index is 12.1. The molecule has 0 heterocycles. The van der Waals surface area contributed by atoms with Gasteiger partial charge in [0.2, 0.25) is 0 Å². The largest absolute Gasteiger partial charge is 0.497 e. The van der Waals surface area contributed by atoms with Crippen molar-refractivity contribution in [3.8, 4) is 5.75 Å². The van der Waals surface area contributed by atoms with Gasteiger partial charge in [-0.05, 0) is 48.4 Å². The number of aliphatic hydroxyl groups excluding tert-OH is 1. The molecular formula is C17H20N2O4. The molecule has 0 spiro atoms. The van der Waals surface area contributed by atoms with E-state index in [9.17, 15) is 4.79 Å². The van der Waals surface area contributed by atoms with Crippen LogP contribution in [-0.2, 0) is 6.42 Å². The van der Waals surface area contributed by atoms with Gasteiger partial charge in [-0.25, -0.2) is 0 Å². The van der Waals surface area contributed by atoms with E-state index in [1.54, 1.807) is 55.6 Å². The van der Waals surface area contributed by atoms with E-state index in [1.807, 2.05) is 0 Å². The highest BCUT2D eigenvalue weighted by molar-refractivity contribution is 6.04. The van der Waals surface area contributed by atoms with Gasteiger partial charge < -0.3 is 26.0 Å². The molecule has 122 valence electrons. The van der Waals surface area contributed by atoms with E-state index in [0.29, 0.717) is 23.4 Å². The fourth-order valence-electron chi connectivity index (χ4n) is 2.05. The van der Waals surface area contributed by atoms with Crippen molar-refractivity contribution < 1.29 is 19.7 Å². The second-order valence-electron chi connectivity index (χ2n) is 5.16. The number of rotatable bonds is 6. The zero-order valence-corrected chi connectivity index (χ0v) is 12.8. The average molecular weight is 316 g/mol. The van der Waals surface area contributed by atoms with Crippen LogP contribution in [0.4, 0.5) is 5.69 Å². The zero-order chi connectivity index (χ0) is 16.8. The van der Waals surface area contributed by atoms with Gasteiger partial charge in [0.1, 0.15) is 5.75 Å². The van der Waals surface area contributed by atoms with Crippen molar-refractivity contribution in [3.05, 3.63) is 59.7 Å². The quantitative estimate of drug-likeness (QED) is 0.598. The van der Waals surface area contributed by atoms with Gasteiger partial charge in [0, 0.05) is 11.3 Å². The molecule has 0 unspecified atom stereocenters. The Hall–Kier alpha value is -2.41. The summed E-state index contributed by atoms with van der Waals surface area (Å²) >= 11 is 0. The standard InChI is InChI=1S/C17H20N2O4/c1-23-14-8-4-12(5-9-14)16(20)19-13-6-2-11(3-7-13)10-15(18)17(21)22/h2-9,15,17,21-22H,10,18H2,1H3,(H,19,20)/t15-/m1/s1. The van der Waals surface area contributed by atoms with Crippen LogP contribution >= 0.6 is 0 Å². The number of ether oxygens (including phenoxy) is 1. The number of nitrogens with one attached hydrogen (secondary N) is 1. The van der Waals surface area contributed by atoms with Gasteiger partial charge in [-0.2, -0.15) is 0 Å². The number of nitrogens with two attached hydrogens (primary N) is 1. The van der Waals surface area contributed by atoms with E-state index in [0.717, 1.165) is 5.56 Å². The third-order valence-electron chi connectivity index (χ3n) is 3.42. The van der Waals surface area contributed by atoms with E-state index in [1.165, 1.54) is 0 Å². The maximum atomic E-state index is 12.1. The Bertz CT molecular complexity index is 639. The molecule has 0 aromatic heterocycles. The molecule has 0 aliphatic heterocycles. The lowest BCUT2D eigenvalue weighted by Crippen LogP contribution is -2.36. The highest BCUT2D eigenvalue weighted by Gasteiger charge is 2.12. The lowest BCUT2D eigenvalue weighted by Gasteiger charge is -2.13. The van der Waals surface area contributed by atoms with Gasteiger partial charge in [-0.3, -0.25) is 4.79 Å². The first kappa shape index (κ1) is 17.0. The number of hydrogen-bond donors (Lipinski definition) is 4. The Kier molecular flexibility index (Phi) is 5.70. The lowest BCUT2D eigenvalue weighted by molar-refractivity contribution is -0.0577. The number of methoxy groups -OCH3 is 1. The molecule has 1 amide bonds. The second kappa shape index (κ2) is 7.73. The minimum Gasteiger partial charge on any atom is -0.497 e. The van der Waals surface area contributed by atoms with Crippen LogP contribution in [0.15, 0.2) is 48.5 Å². The van der Waals surface area contributed by atoms with Gasteiger partial charge in [-0.15, -0.1) is 0 Å². The Morgan fingerprint density at radius 3 is 2.26 bits per heavy atom. The fourth-order valence-corrected chi connectivity index (χ4v) is 2.05. The van der Waals surface area contributed by atoms with Gasteiger partial charge in [0.05, 0.1) is 13.2 Å². The van der Waals surface area contributed by atoms with Crippen molar-refractivity contribution in [2.75, 3.05) is 12.4 Å². The molecule has 0 radical (unpaired) electrons. The molecule has 0 aliphatic rings. The van der Waals surface area contributed by atoms with E-state index in [2.05, 4.69) is 5.32 Å². The second-order valence-corrected chi connectivity index (χ2v) is 5.16. The Morgan fingerprint density at radius 1 is 1.13 bits per heavy atom. The van der Waals surface area contributed by atoms with Crippen LogP contribution in [0.1, 0.15) is 15.9 Å². The molecule has 0 saturated carbocycles. The van der Waals surface area contributed by atoms with Crippen molar-refractivity contribution in [1.82, 2.24) is 0 Å². The van der Waals surface area contributed by atoms with Crippen LogP contribution in [-0.4, -0.2) is 35.6 Å². The molecule has 6 nitrogen and oxygen atoms in total. The highest BCUT2D eigenvalue weighted by Crippen LogP contribution is 2.15. The molecule has 1 atom stereocenters. The average Bonchev–Trinajstić information content (AvgIpc) is 2.56. The molecule has 0 fully saturated rings. The van der Waals surface area contributed by atoms with Crippen molar-refractivity contribution in [2.45, 2.75) is 18.8 Å². The minimum absolute atomic E-state index is 0.220. The smallest absolute Gasteiger partial charge is 0.255 e. The van der Waals surface area contributed by atoms with Crippen LogP contribution in [0, 0.1) is 0 Å². The van der Waals surface area contributed by atoms with Crippen molar-refractivity contribution >= 4 is 11.6 Å². The Morgan fingerprint density at radius 2 is 1.74 bits per heavy atom. The predicted molar refractivity (Wildman–Crippen MR) is 87.3 cm³/mol. The van der Waals surface area contributed by atoms with Gasteiger partial charge in [0.25, 0.3) is 5.91 Å². The van der Waals surface area contributed by atoms with Crippen molar-refractivity contribution in [2.24, 2.45) is 5.73 Å². The monoisotopic (exact) mass is 316 g/mol. The molecule has 0 aliphatic carbocycles. The van der Waals surface area contributed by atoms with Crippen LogP contribution in [0.2, 0.25) is 0 Å². The summed E-state index contributed by atoms with van der Waals surface area (Å²) in [5.41, 5.74) is 7.62. The zero-order valence-electron chi connectivity index (χ0n) is 12.8. The van der Waals surface area contributed by atoms with E-state index in [4.69, 9.17) is 20.7 Å². The Balaban J connectivity index is 1.98. The third kappa shape index (κ3) is 4.79. The molecule has 0 bridgehead atoms. The summed E-state index contributed by atoms with van der Waals surface area (Å²) < 4.78 is 5.05. The summed E-state index contributed by atoms with van der Waals surface area (Å²) in [6.07, 6.45) is -1.21. The molecular weight excluding hydrogens is 296 g/mol. The molecule has 0 saturated heterocycles. The summed E-state index contributed by atoms with van der Waals surface area (Å²) in [6.45, 7) is 0. The molecule has 6 heteroatoms. The van der Waals surface area contributed by atoms with Gasteiger partial charge in [-0.1, -0.05) is 12.1 Å². The van der Waals surface area contributed by atoms with Crippen LogP contribution in [0.5, 0.6) is 5.75 Å². The number of carbonyl (C=O) groups excluding carboxylic acids is 1. The fraction of sp³-hybridized carbons (Fsp3) is 0.235. The number of carbonyl (C=O) groups is 1. The Labute approximate surface area is 134 Å². The molecule has 5 N–H and O–H groups in total. The number of aliphatic hydroxyl groups is 2. The van der Waals surface area contributed by atoms with Gasteiger partial charge in [0.15, 0.2) is 6.29 Å². The molecule has 23 heavy (non-hydrogen) atoms. The first-order valence-electron chi connectivity index (χ1n) is 7.15. The normalized spacial score (nSPS) is 12.0. The highest BCUT2D eigenvalue weighted by atomic mass is 16.5. The first-order chi connectivity index (χ1) is 11.0. The van der Waals surface area contributed by atoms with Gasteiger partial charge >= 0.3 is 0 Å². The first-order valence-corrected chi connectivity index (χ1v) is 7.15. The van der Waals surface area contributed by atoms with E-state index in [-0.39, 0.29) is 5.91 Å². The number of amides is 1. The predicted octanol–water partition coefficient (Wildman–Crippen LogP) is 1.13. The van der Waals surface area contributed by atoms with E-state index >= 15 is 0 Å². The van der Waals surface area contributed by atoms with Crippen molar-refractivity contribution in [3.63, 3.8) is 0 Å². The van der Waals surface area contributed by atoms with Crippen LogP contribution < -0.4 is 15.8 Å². The topological polar surface area (TPSA) is 105 Å². The number of hydrogen-bond acceptors (Lipinski definition) is 5. The van der Waals surface area contributed by atoms with E-state index < -0.39 is 12.3 Å². The summed E-state index contributed by atoms with van der Waals surface area (Å²) in [5.74, 6) is 0.469. The number of benzene rings is 2. The lowest BCUT2D eigenvalue weighted by atomic mass is 10.1. The van der Waals surface area contributed by atoms with Crippen LogP contribution in [0.25, 0.3) is 0 Å². The molecule has 2 rings (SSSR count). The SMILES string of the molecule is COc1ccc(C(=O)Nc2ccc(C[C@@H](N)C(O)O)cc2)cc1. The van der Waals surface area contributed by atoms with Crippen molar-refractivity contribution in [1.29, 1.82) is 0 Å². The summed E-state index contributed by atoms with van der Waals surface area (Å²) in [7, 11) is 1.57. The maximum Gasteiger partial charge on any atom is 0.255 e. The number of anilines is 1. The third-order valence-corrected chi connectivity index (χ3v) is 3.42. The van der Waals surface area contributed by atoms with Crippen LogP contribution in [0.3, 0.4) is 0 Å². The summed E-state index contributed by atoms with van der Waals surface area (Å²) in [6, 6.07) is 13.1. The molecule has 2 aromatic rings. The summed E-state index contributed by atoms with van der Waals surface area (Å²) in [4.78, 5) is 12.1.